The van der Waals surface area contributed by atoms with Crippen molar-refractivity contribution in [1.82, 2.24) is 19.4 Å². The Kier molecular flexibility index (Phi) is 5.56. The van der Waals surface area contributed by atoms with E-state index in [0.29, 0.717) is 6.54 Å². The van der Waals surface area contributed by atoms with Crippen molar-refractivity contribution in [1.29, 1.82) is 0 Å². The molecule has 1 atom stereocenters. The standard InChI is InChI=1S/C18H26N4O2S/c1-3-25(23,24)20-10-8-18-14-21(13-17-7-9-19-22(17)18)12-16-6-4-5-15(2)11-16/h4-7,9,11,18,20H,3,8,10,12-14H2,1-2H3. The number of sulfonamides is 1. The summed E-state index contributed by atoms with van der Waals surface area (Å²) in [4.78, 5) is 2.41. The second-order valence-corrected chi connectivity index (χ2v) is 8.76. The Bertz CT molecular complexity index is 816. The van der Waals surface area contributed by atoms with Crippen LogP contribution < -0.4 is 4.72 Å². The number of hydrogen-bond donors (Lipinski definition) is 1. The van der Waals surface area contributed by atoms with Gasteiger partial charge < -0.3 is 0 Å². The molecule has 1 aromatic carbocycles. The largest absolute Gasteiger partial charge is 0.291 e. The molecule has 2 heterocycles. The van der Waals surface area contributed by atoms with Crippen LogP contribution in [0, 0.1) is 6.92 Å². The van der Waals surface area contributed by atoms with Crippen LogP contribution in [0.1, 0.15) is 36.2 Å². The van der Waals surface area contributed by atoms with Crippen molar-refractivity contribution in [2.24, 2.45) is 0 Å². The fourth-order valence-electron chi connectivity index (χ4n) is 3.35. The Morgan fingerprint density at radius 1 is 1.32 bits per heavy atom. The molecule has 25 heavy (non-hydrogen) atoms. The van der Waals surface area contributed by atoms with Gasteiger partial charge in [0.25, 0.3) is 0 Å². The Hall–Kier alpha value is -1.70. The summed E-state index contributed by atoms with van der Waals surface area (Å²) in [6.45, 7) is 6.83. The third-order valence-electron chi connectivity index (χ3n) is 4.62. The van der Waals surface area contributed by atoms with Crippen LogP contribution in [0.2, 0.25) is 0 Å². The van der Waals surface area contributed by atoms with E-state index in [4.69, 9.17) is 0 Å². The minimum Gasteiger partial charge on any atom is -0.291 e. The molecule has 1 aromatic heterocycles. The highest BCUT2D eigenvalue weighted by Crippen LogP contribution is 2.24. The SMILES string of the molecule is CCS(=O)(=O)NCCC1CN(Cc2cccc(C)c2)Cc2ccnn21. The van der Waals surface area contributed by atoms with Gasteiger partial charge in [-0.15, -0.1) is 0 Å². The number of hydrogen-bond acceptors (Lipinski definition) is 4. The highest BCUT2D eigenvalue weighted by atomic mass is 32.2. The van der Waals surface area contributed by atoms with Gasteiger partial charge >= 0.3 is 0 Å². The summed E-state index contributed by atoms with van der Waals surface area (Å²) >= 11 is 0. The van der Waals surface area contributed by atoms with Gasteiger partial charge in [-0.05, 0) is 31.9 Å². The van der Waals surface area contributed by atoms with E-state index >= 15 is 0 Å². The summed E-state index contributed by atoms with van der Waals surface area (Å²) in [7, 11) is -3.14. The molecule has 0 radical (unpaired) electrons. The van der Waals surface area contributed by atoms with Gasteiger partial charge in [0, 0.05) is 32.4 Å². The minimum absolute atomic E-state index is 0.115. The smallest absolute Gasteiger partial charge is 0.211 e. The molecule has 2 aromatic rings. The topological polar surface area (TPSA) is 67.2 Å². The van der Waals surface area contributed by atoms with E-state index in [1.165, 1.54) is 16.8 Å². The lowest BCUT2D eigenvalue weighted by molar-refractivity contribution is 0.162. The molecule has 6 nitrogen and oxygen atoms in total. The van der Waals surface area contributed by atoms with Crippen molar-refractivity contribution < 1.29 is 8.42 Å². The molecule has 0 bridgehead atoms. The highest BCUT2D eigenvalue weighted by molar-refractivity contribution is 7.89. The van der Waals surface area contributed by atoms with Crippen LogP contribution >= 0.6 is 0 Å². The highest BCUT2D eigenvalue weighted by Gasteiger charge is 2.25. The molecule has 1 aliphatic rings. The van der Waals surface area contributed by atoms with Gasteiger partial charge in [-0.25, -0.2) is 13.1 Å². The van der Waals surface area contributed by atoms with E-state index in [1.807, 2.05) is 16.9 Å². The van der Waals surface area contributed by atoms with Crippen molar-refractivity contribution in [2.75, 3.05) is 18.8 Å². The summed E-state index contributed by atoms with van der Waals surface area (Å²) < 4.78 is 28.0. The normalized spacial score (nSPS) is 18.2. The Labute approximate surface area is 149 Å². The summed E-state index contributed by atoms with van der Waals surface area (Å²) in [6, 6.07) is 10.8. The molecule has 0 fully saturated rings. The fourth-order valence-corrected chi connectivity index (χ4v) is 3.98. The number of aromatic nitrogens is 2. The molecule has 1 aliphatic heterocycles. The first-order valence-corrected chi connectivity index (χ1v) is 10.4. The number of nitrogens with one attached hydrogen (secondary N) is 1. The zero-order chi connectivity index (χ0) is 17.9. The monoisotopic (exact) mass is 362 g/mol. The average molecular weight is 362 g/mol. The van der Waals surface area contributed by atoms with Gasteiger partial charge in [-0.3, -0.25) is 9.58 Å². The van der Waals surface area contributed by atoms with Gasteiger partial charge in [0.1, 0.15) is 0 Å². The third kappa shape index (κ3) is 4.68. The van der Waals surface area contributed by atoms with Crippen molar-refractivity contribution in [3.05, 3.63) is 53.3 Å². The first kappa shape index (κ1) is 18.1. The summed E-state index contributed by atoms with van der Waals surface area (Å²) in [5.74, 6) is 0.115. The maximum atomic E-state index is 11.6. The fraction of sp³-hybridized carbons (Fsp3) is 0.500. The van der Waals surface area contributed by atoms with Gasteiger partial charge in [-0.2, -0.15) is 5.10 Å². The summed E-state index contributed by atoms with van der Waals surface area (Å²) in [5.41, 5.74) is 3.76. The number of nitrogens with zero attached hydrogens (tertiary/aromatic N) is 3. The molecule has 1 N–H and O–H groups in total. The number of benzene rings is 1. The van der Waals surface area contributed by atoms with E-state index < -0.39 is 10.0 Å². The molecule has 1 unspecified atom stereocenters. The molecule has 7 heteroatoms. The molecule has 0 saturated carbocycles. The molecule has 0 spiro atoms. The molecule has 0 aliphatic carbocycles. The molecule has 0 saturated heterocycles. The van der Waals surface area contributed by atoms with Crippen LogP contribution in [0.3, 0.4) is 0 Å². The number of rotatable bonds is 7. The maximum absolute atomic E-state index is 11.6. The Morgan fingerprint density at radius 3 is 2.92 bits per heavy atom. The van der Waals surface area contributed by atoms with Gasteiger partial charge in [0.2, 0.25) is 10.0 Å². The van der Waals surface area contributed by atoms with Gasteiger partial charge in [-0.1, -0.05) is 29.8 Å². The number of aryl methyl sites for hydroxylation is 1. The first-order chi connectivity index (χ1) is 12.0. The lowest BCUT2D eigenvalue weighted by atomic mass is 10.1. The van der Waals surface area contributed by atoms with Crippen LogP contribution in [0.4, 0.5) is 0 Å². The average Bonchev–Trinajstić information content (AvgIpc) is 3.03. The van der Waals surface area contributed by atoms with Crippen molar-refractivity contribution in [2.45, 2.75) is 39.4 Å². The second kappa shape index (κ2) is 7.68. The predicted octanol–water partition coefficient (Wildman–Crippen LogP) is 2.08. The van der Waals surface area contributed by atoms with Crippen LogP contribution in [-0.2, 0) is 23.1 Å². The van der Waals surface area contributed by atoms with E-state index in [2.05, 4.69) is 45.9 Å². The van der Waals surface area contributed by atoms with Crippen molar-refractivity contribution in [3.8, 4) is 0 Å². The summed E-state index contributed by atoms with van der Waals surface area (Å²) in [6.07, 6.45) is 2.56. The van der Waals surface area contributed by atoms with E-state index in [0.717, 1.165) is 26.1 Å². The van der Waals surface area contributed by atoms with Gasteiger partial charge in [0.15, 0.2) is 0 Å². The quantitative estimate of drug-likeness (QED) is 0.819. The van der Waals surface area contributed by atoms with E-state index in [-0.39, 0.29) is 11.8 Å². The first-order valence-electron chi connectivity index (χ1n) is 8.74. The zero-order valence-electron chi connectivity index (χ0n) is 14.9. The lowest BCUT2D eigenvalue weighted by Gasteiger charge is -2.34. The Morgan fingerprint density at radius 2 is 2.16 bits per heavy atom. The third-order valence-corrected chi connectivity index (χ3v) is 6.02. The van der Waals surface area contributed by atoms with E-state index in [1.54, 1.807) is 6.92 Å². The zero-order valence-corrected chi connectivity index (χ0v) is 15.7. The molecule has 136 valence electrons. The molecular formula is C18H26N4O2S. The molecule has 0 amide bonds. The lowest BCUT2D eigenvalue weighted by Crippen LogP contribution is -2.39. The summed E-state index contributed by atoms with van der Waals surface area (Å²) in [5, 5.41) is 4.44. The Balaban J connectivity index is 1.67. The molecule has 3 rings (SSSR count). The van der Waals surface area contributed by atoms with Crippen LogP contribution in [-0.4, -0.2) is 41.9 Å². The second-order valence-electron chi connectivity index (χ2n) is 6.67. The van der Waals surface area contributed by atoms with Crippen LogP contribution in [0.25, 0.3) is 0 Å². The number of fused-ring (bicyclic) bond motifs is 1. The van der Waals surface area contributed by atoms with Crippen LogP contribution in [0.5, 0.6) is 0 Å². The van der Waals surface area contributed by atoms with E-state index in [9.17, 15) is 8.42 Å². The minimum atomic E-state index is -3.14. The van der Waals surface area contributed by atoms with Crippen LogP contribution in [0.15, 0.2) is 36.5 Å². The molecular weight excluding hydrogens is 336 g/mol. The predicted molar refractivity (Wildman–Crippen MR) is 98.6 cm³/mol. The van der Waals surface area contributed by atoms with Crippen molar-refractivity contribution >= 4 is 10.0 Å². The maximum Gasteiger partial charge on any atom is 0.211 e. The van der Waals surface area contributed by atoms with Crippen molar-refractivity contribution in [3.63, 3.8) is 0 Å². The van der Waals surface area contributed by atoms with Gasteiger partial charge in [0.05, 0.1) is 17.5 Å².